The van der Waals surface area contributed by atoms with Crippen molar-refractivity contribution in [1.82, 2.24) is 19.9 Å². The molecule has 0 saturated carbocycles. The predicted molar refractivity (Wildman–Crippen MR) is 102 cm³/mol. The van der Waals surface area contributed by atoms with Crippen molar-refractivity contribution in [2.45, 2.75) is 19.0 Å². The molecule has 0 aliphatic carbocycles. The fourth-order valence-electron chi connectivity index (χ4n) is 2.96. The van der Waals surface area contributed by atoms with Crippen molar-refractivity contribution >= 4 is 41.8 Å². The lowest BCUT2D eigenvalue weighted by Gasteiger charge is -2.14. The number of fused-ring (bicyclic) bond motifs is 1. The van der Waals surface area contributed by atoms with Crippen LogP contribution in [-0.4, -0.2) is 33.7 Å². The average molecular weight is 366 g/mol. The molecule has 0 spiro atoms. The number of para-hydroxylation sites is 2. The van der Waals surface area contributed by atoms with Gasteiger partial charge in [0.15, 0.2) is 0 Å². The molecule has 1 saturated heterocycles. The molecule has 0 radical (unpaired) electrons. The van der Waals surface area contributed by atoms with Gasteiger partial charge in [-0.3, -0.25) is 4.98 Å². The molecule has 0 bridgehead atoms. The van der Waals surface area contributed by atoms with Crippen molar-refractivity contribution in [3.05, 3.63) is 54.4 Å². The highest BCUT2D eigenvalue weighted by atomic mass is 35.5. The van der Waals surface area contributed by atoms with Crippen molar-refractivity contribution in [3.63, 3.8) is 0 Å². The first-order valence-electron chi connectivity index (χ1n) is 7.72. The lowest BCUT2D eigenvalue weighted by atomic mass is 10.3. The molecule has 1 aliphatic heterocycles. The van der Waals surface area contributed by atoms with Gasteiger partial charge in [0, 0.05) is 18.8 Å². The topological polar surface area (TPSA) is 54.8 Å². The van der Waals surface area contributed by atoms with Gasteiger partial charge in [-0.15, -0.1) is 24.8 Å². The van der Waals surface area contributed by atoms with Gasteiger partial charge in [-0.05, 0) is 37.2 Å². The van der Waals surface area contributed by atoms with Crippen molar-refractivity contribution in [3.8, 4) is 0 Å². The van der Waals surface area contributed by atoms with E-state index in [9.17, 15) is 0 Å². The summed E-state index contributed by atoms with van der Waals surface area (Å²) < 4.78 is 2.22. The van der Waals surface area contributed by atoms with Crippen LogP contribution in [0.4, 0.5) is 5.95 Å². The first-order chi connectivity index (χ1) is 10.9. The molecule has 2 aromatic heterocycles. The number of nitrogens with zero attached hydrogens (tertiary/aromatic N) is 3. The van der Waals surface area contributed by atoms with Gasteiger partial charge in [0.2, 0.25) is 5.95 Å². The maximum absolute atomic E-state index is 4.77. The quantitative estimate of drug-likeness (QED) is 0.745. The minimum Gasteiger partial charge on any atom is -0.352 e. The van der Waals surface area contributed by atoms with E-state index in [0.29, 0.717) is 6.04 Å². The maximum Gasteiger partial charge on any atom is 0.204 e. The zero-order chi connectivity index (χ0) is 14.8. The van der Waals surface area contributed by atoms with Gasteiger partial charge in [0.25, 0.3) is 0 Å². The Kier molecular flexibility index (Phi) is 6.43. The average Bonchev–Trinajstić information content (AvgIpc) is 3.18. The summed E-state index contributed by atoms with van der Waals surface area (Å²) in [6, 6.07) is 14.7. The van der Waals surface area contributed by atoms with E-state index in [2.05, 4.69) is 44.5 Å². The number of anilines is 1. The molecule has 1 unspecified atom stereocenters. The summed E-state index contributed by atoms with van der Waals surface area (Å²) in [5.41, 5.74) is 3.20. The smallest absolute Gasteiger partial charge is 0.204 e. The van der Waals surface area contributed by atoms with Crippen molar-refractivity contribution < 1.29 is 0 Å². The summed E-state index contributed by atoms with van der Waals surface area (Å²) in [6.07, 6.45) is 2.97. The molecule has 3 aromatic rings. The standard InChI is InChI=1S/C17H19N5.2ClH/c1-2-7-16-15(6-1)21-17(20-13-8-10-18-11-13)22(16)12-14-5-3-4-9-19-14;;/h1-7,9,13,18H,8,10-12H2,(H,20,21);2*1H. The van der Waals surface area contributed by atoms with Gasteiger partial charge in [0.1, 0.15) is 0 Å². The fraction of sp³-hybridized carbons (Fsp3) is 0.294. The molecule has 24 heavy (non-hydrogen) atoms. The molecule has 1 atom stereocenters. The predicted octanol–water partition coefficient (Wildman–Crippen LogP) is 3.10. The van der Waals surface area contributed by atoms with E-state index in [1.807, 2.05) is 24.4 Å². The molecule has 128 valence electrons. The number of hydrogen-bond acceptors (Lipinski definition) is 4. The number of benzene rings is 1. The minimum atomic E-state index is 0. The number of rotatable bonds is 4. The minimum absolute atomic E-state index is 0. The Hall–Kier alpha value is -1.82. The summed E-state index contributed by atoms with van der Waals surface area (Å²) in [6.45, 7) is 2.79. The van der Waals surface area contributed by atoms with E-state index in [0.717, 1.165) is 48.7 Å². The number of nitrogens with one attached hydrogen (secondary N) is 2. The molecular formula is C17H21Cl2N5. The van der Waals surface area contributed by atoms with E-state index in [-0.39, 0.29) is 24.8 Å². The molecule has 1 aromatic carbocycles. The molecule has 5 nitrogen and oxygen atoms in total. The van der Waals surface area contributed by atoms with Crippen LogP contribution >= 0.6 is 24.8 Å². The van der Waals surface area contributed by atoms with Crippen molar-refractivity contribution in [1.29, 1.82) is 0 Å². The second-order valence-electron chi connectivity index (χ2n) is 5.67. The Labute approximate surface area is 153 Å². The first-order valence-corrected chi connectivity index (χ1v) is 7.72. The molecular weight excluding hydrogens is 345 g/mol. The summed E-state index contributed by atoms with van der Waals surface area (Å²) in [5.74, 6) is 0.931. The molecule has 1 aliphatic rings. The van der Waals surface area contributed by atoms with Gasteiger partial charge in [-0.1, -0.05) is 18.2 Å². The van der Waals surface area contributed by atoms with Gasteiger partial charge < -0.3 is 15.2 Å². The zero-order valence-corrected chi connectivity index (χ0v) is 14.8. The van der Waals surface area contributed by atoms with Gasteiger partial charge in [-0.25, -0.2) is 4.98 Å². The van der Waals surface area contributed by atoms with Gasteiger partial charge in [-0.2, -0.15) is 0 Å². The summed E-state index contributed by atoms with van der Waals surface area (Å²) in [4.78, 5) is 9.21. The van der Waals surface area contributed by atoms with Crippen LogP contribution in [0.5, 0.6) is 0 Å². The normalized spacial score (nSPS) is 16.4. The largest absolute Gasteiger partial charge is 0.352 e. The SMILES string of the molecule is Cl.Cl.c1ccc(Cn2c(NC3CCNC3)nc3ccccc32)nc1. The molecule has 3 heterocycles. The number of imidazole rings is 1. The zero-order valence-electron chi connectivity index (χ0n) is 13.2. The Morgan fingerprint density at radius 1 is 1.12 bits per heavy atom. The highest BCUT2D eigenvalue weighted by Crippen LogP contribution is 2.22. The highest BCUT2D eigenvalue weighted by molar-refractivity contribution is 5.85. The molecule has 2 N–H and O–H groups in total. The monoisotopic (exact) mass is 365 g/mol. The van der Waals surface area contributed by atoms with Crippen LogP contribution < -0.4 is 10.6 Å². The first kappa shape index (κ1) is 18.5. The van der Waals surface area contributed by atoms with Crippen LogP contribution in [0.2, 0.25) is 0 Å². The lowest BCUT2D eigenvalue weighted by Crippen LogP contribution is -2.24. The maximum atomic E-state index is 4.77. The summed E-state index contributed by atoms with van der Waals surface area (Å²) in [5, 5.41) is 6.96. The van der Waals surface area contributed by atoms with E-state index < -0.39 is 0 Å². The number of halogens is 2. The van der Waals surface area contributed by atoms with Crippen LogP contribution in [0.3, 0.4) is 0 Å². The van der Waals surface area contributed by atoms with E-state index >= 15 is 0 Å². The van der Waals surface area contributed by atoms with Crippen LogP contribution in [0.25, 0.3) is 11.0 Å². The fourth-order valence-corrected chi connectivity index (χ4v) is 2.96. The van der Waals surface area contributed by atoms with Gasteiger partial charge in [0.05, 0.1) is 23.3 Å². The number of hydrogen-bond donors (Lipinski definition) is 2. The number of aromatic nitrogens is 3. The summed E-state index contributed by atoms with van der Waals surface area (Å²) >= 11 is 0. The Bertz CT molecular complexity index is 769. The number of pyridine rings is 1. The Morgan fingerprint density at radius 2 is 1.96 bits per heavy atom. The van der Waals surface area contributed by atoms with Crippen LogP contribution in [0.15, 0.2) is 48.7 Å². The van der Waals surface area contributed by atoms with E-state index in [1.54, 1.807) is 0 Å². The molecule has 7 heteroatoms. The third-order valence-electron chi connectivity index (χ3n) is 4.09. The van der Waals surface area contributed by atoms with Crippen LogP contribution in [-0.2, 0) is 6.54 Å². The molecule has 0 amide bonds. The Balaban J connectivity index is 0.00000104. The van der Waals surface area contributed by atoms with Crippen molar-refractivity contribution in [2.75, 3.05) is 18.4 Å². The Morgan fingerprint density at radius 3 is 2.71 bits per heavy atom. The lowest BCUT2D eigenvalue weighted by molar-refractivity contribution is 0.742. The van der Waals surface area contributed by atoms with E-state index in [4.69, 9.17) is 4.98 Å². The third-order valence-corrected chi connectivity index (χ3v) is 4.09. The molecule has 4 rings (SSSR count). The second kappa shape index (κ2) is 8.33. The second-order valence-corrected chi connectivity index (χ2v) is 5.67. The van der Waals surface area contributed by atoms with Crippen LogP contribution in [0.1, 0.15) is 12.1 Å². The van der Waals surface area contributed by atoms with Crippen LogP contribution in [0, 0.1) is 0 Å². The summed E-state index contributed by atoms with van der Waals surface area (Å²) in [7, 11) is 0. The highest BCUT2D eigenvalue weighted by Gasteiger charge is 2.18. The third kappa shape index (κ3) is 3.80. The molecule has 1 fully saturated rings. The van der Waals surface area contributed by atoms with E-state index in [1.165, 1.54) is 0 Å². The van der Waals surface area contributed by atoms with Crippen molar-refractivity contribution in [2.24, 2.45) is 0 Å². The van der Waals surface area contributed by atoms with Gasteiger partial charge >= 0.3 is 0 Å².